The van der Waals surface area contributed by atoms with Crippen LogP contribution >= 0.6 is 0 Å². The van der Waals surface area contributed by atoms with Crippen molar-refractivity contribution < 1.29 is 27.8 Å². The number of halogens is 3. The minimum Gasteiger partial charge on any atom is -0.479 e. The molecule has 3 heterocycles. The molecule has 36 heavy (non-hydrogen) atoms. The quantitative estimate of drug-likeness (QED) is 0.382. The fraction of sp³-hybridized carbons (Fsp3) is 0.346. The molecule has 10 heteroatoms. The maximum absolute atomic E-state index is 16.1. The summed E-state index contributed by atoms with van der Waals surface area (Å²) < 4.78 is 51.7. The summed E-state index contributed by atoms with van der Waals surface area (Å²) in [7, 11) is 0. The molecule has 7 nitrogen and oxygen atoms in total. The highest BCUT2D eigenvalue weighted by Crippen LogP contribution is 2.46. The number of aliphatic carboxylic acids is 1. The number of rotatable bonds is 5. The van der Waals surface area contributed by atoms with Gasteiger partial charge in [0.1, 0.15) is 5.52 Å². The van der Waals surface area contributed by atoms with Crippen molar-refractivity contribution in [1.82, 2.24) is 14.8 Å². The predicted molar refractivity (Wildman–Crippen MR) is 125 cm³/mol. The van der Waals surface area contributed by atoms with E-state index < -0.39 is 40.9 Å². The summed E-state index contributed by atoms with van der Waals surface area (Å²) in [5.41, 5.74) is 1.16. The number of ether oxygens (including phenoxy) is 1. The van der Waals surface area contributed by atoms with Gasteiger partial charge in [0.15, 0.2) is 23.6 Å². The molecule has 1 aliphatic heterocycles. The number of H-pyrrole nitrogens is 1. The first-order valence-electron chi connectivity index (χ1n) is 11.5. The van der Waals surface area contributed by atoms with Crippen molar-refractivity contribution in [3.63, 3.8) is 0 Å². The van der Waals surface area contributed by atoms with Crippen LogP contribution in [0.25, 0.3) is 27.5 Å². The lowest BCUT2D eigenvalue weighted by molar-refractivity contribution is -0.153. The number of hydrogen-bond acceptors (Lipinski definition) is 4. The maximum atomic E-state index is 16.1. The van der Waals surface area contributed by atoms with E-state index in [-0.39, 0.29) is 36.0 Å². The van der Waals surface area contributed by atoms with Crippen LogP contribution in [0.15, 0.2) is 30.5 Å². The van der Waals surface area contributed by atoms with E-state index in [1.165, 1.54) is 12.3 Å². The molecule has 0 amide bonds. The largest absolute Gasteiger partial charge is 0.479 e. The van der Waals surface area contributed by atoms with Crippen molar-refractivity contribution in [3.05, 3.63) is 59.2 Å². The number of nitrogens with zero attached hydrogens (tertiary/aromatic N) is 3. The van der Waals surface area contributed by atoms with E-state index in [9.17, 15) is 23.9 Å². The molecule has 2 aromatic heterocycles. The SMILES string of the molecule is CC(C)(CC#N)c1c(C2CCC(C(=O)O)OC2)c2c(F)c3[nH]ncc3cc2n1-c1ccc(F)c(F)c1. The predicted octanol–water partition coefficient (Wildman–Crippen LogP) is 5.46. The molecular formula is C26H23F3N4O3. The van der Waals surface area contributed by atoms with Gasteiger partial charge in [0.25, 0.3) is 0 Å². The summed E-state index contributed by atoms with van der Waals surface area (Å²) in [6.45, 7) is 3.70. The van der Waals surface area contributed by atoms with E-state index in [2.05, 4.69) is 16.3 Å². The molecule has 5 rings (SSSR count). The normalized spacial score (nSPS) is 18.6. The minimum absolute atomic E-state index is 0.0317. The van der Waals surface area contributed by atoms with E-state index in [1.807, 2.05) is 13.8 Å². The van der Waals surface area contributed by atoms with Gasteiger partial charge >= 0.3 is 5.97 Å². The maximum Gasteiger partial charge on any atom is 0.332 e. The fourth-order valence-corrected chi connectivity index (χ4v) is 5.24. The summed E-state index contributed by atoms with van der Waals surface area (Å²) in [6.07, 6.45) is 1.21. The van der Waals surface area contributed by atoms with Crippen LogP contribution in [0.1, 0.15) is 50.3 Å². The number of carboxylic acid groups (broad SMARTS) is 1. The van der Waals surface area contributed by atoms with Gasteiger partial charge in [-0.2, -0.15) is 10.4 Å². The van der Waals surface area contributed by atoms with Gasteiger partial charge in [-0.3, -0.25) is 5.10 Å². The van der Waals surface area contributed by atoms with Crippen LogP contribution < -0.4 is 0 Å². The monoisotopic (exact) mass is 496 g/mol. The van der Waals surface area contributed by atoms with Gasteiger partial charge in [-0.15, -0.1) is 0 Å². The van der Waals surface area contributed by atoms with Crippen LogP contribution in [-0.4, -0.2) is 38.6 Å². The summed E-state index contributed by atoms with van der Waals surface area (Å²) >= 11 is 0. The second kappa shape index (κ2) is 8.68. The highest BCUT2D eigenvalue weighted by molar-refractivity contribution is 6.00. The van der Waals surface area contributed by atoms with Gasteiger partial charge in [-0.25, -0.2) is 18.0 Å². The smallest absolute Gasteiger partial charge is 0.332 e. The van der Waals surface area contributed by atoms with Gasteiger partial charge in [-0.05, 0) is 36.6 Å². The zero-order valence-corrected chi connectivity index (χ0v) is 19.6. The van der Waals surface area contributed by atoms with Crippen molar-refractivity contribution >= 4 is 27.8 Å². The Kier molecular flexibility index (Phi) is 5.75. The van der Waals surface area contributed by atoms with Gasteiger partial charge in [0.05, 0.1) is 24.4 Å². The van der Waals surface area contributed by atoms with E-state index in [0.29, 0.717) is 28.6 Å². The average Bonchev–Trinajstić information content (AvgIpc) is 3.45. The Morgan fingerprint density at radius 2 is 2.06 bits per heavy atom. The zero-order valence-electron chi connectivity index (χ0n) is 19.6. The number of fused-ring (bicyclic) bond motifs is 2. The van der Waals surface area contributed by atoms with Crippen LogP contribution in [0.4, 0.5) is 13.2 Å². The average molecular weight is 496 g/mol. The second-order valence-electron chi connectivity index (χ2n) is 9.77. The number of benzene rings is 2. The van der Waals surface area contributed by atoms with Crippen LogP contribution in [0.2, 0.25) is 0 Å². The summed E-state index contributed by atoms with van der Waals surface area (Å²) in [5, 5.41) is 26.3. The number of hydrogen-bond donors (Lipinski definition) is 2. The fourth-order valence-electron chi connectivity index (χ4n) is 5.24. The Bertz CT molecular complexity index is 1540. The molecule has 1 fully saturated rings. The Labute approximate surface area is 204 Å². The number of aromatic amines is 1. The third-order valence-electron chi connectivity index (χ3n) is 6.93. The first-order chi connectivity index (χ1) is 17.1. The third-order valence-corrected chi connectivity index (χ3v) is 6.93. The van der Waals surface area contributed by atoms with Crippen molar-refractivity contribution in [1.29, 1.82) is 5.26 Å². The molecular weight excluding hydrogens is 473 g/mol. The molecule has 2 unspecified atom stereocenters. The molecule has 0 radical (unpaired) electrons. The van der Waals surface area contributed by atoms with Gasteiger partial charge in [0.2, 0.25) is 0 Å². The molecule has 1 saturated heterocycles. The lowest BCUT2D eigenvalue weighted by atomic mass is 9.78. The van der Waals surface area contributed by atoms with E-state index in [0.717, 1.165) is 12.1 Å². The highest BCUT2D eigenvalue weighted by Gasteiger charge is 2.38. The molecule has 0 spiro atoms. The summed E-state index contributed by atoms with van der Waals surface area (Å²) in [5.74, 6) is -4.09. The van der Waals surface area contributed by atoms with Crippen LogP contribution in [0, 0.1) is 28.8 Å². The summed E-state index contributed by atoms with van der Waals surface area (Å²) in [4.78, 5) is 11.4. The molecule has 0 aliphatic carbocycles. The number of carboxylic acids is 1. The Morgan fingerprint density at radius 1 is 1.28 bits per heavy atom. The Morgan fingerprint density at radius 3 is 2.69 bits per heavy atom. The topological polar surface area (TPSA) is 104 Å². The zero-order chi connectivity index (χ0) is 25.8. The number of carbonyl (C=O) groups is 1. The van der Waals surface area contributed by atoms with E-state index in [1.54, 1.807) is 10.6 Å². The summed E-state index contributed by atoms with van der Waals surface area (Å²) in [6, 6.07) is 7.35. The van der Waals surface area contributed by atoms with Crippen LogP contribution in [-0.2, 0) is 14.9 Å². The first kappa shape index (κ1) is 23.9. The molecule has 2 atom stereocenters. The lowest BCUT2D eigenvalue weighted by Gasteiger charge is -2.32. The number of nitrogens with one attached hydrogen (secondary N) is 1. The van der Waals surface area contributed by atoms with Gasteiger partial charge < -0.3 is 14.4 Å². The standard InChI is InChI=1S/C26H23F3N4O3/c1-26(2,7-8-30)24-20(13-3-6-19(25(34)35)36-12-13)21-18(9-14-11-31-32-23(14)22(21)29)33(24)15-4-5-16(27)17(28)10-15/h4-5,9-11,13,19H,3,6-7,12H2,1-2H3,(H,31,32)(H,34,35). The highest BCUT2D eigenvalue weighted by atomic mass is 19.2. The number of nitriles is 1. The molecule has 2 aromatic carbocycles. The molecule has 1 aliphatic rings. The van der Waals surface area contributed by atoms with E-state index in [4.69, 9.17) is 4.74 Å². The number of aromatic nitrogens is 3. The third kappa shape index (κ3) is 3.71. The Balaban J connectivity index is 1.88. The molecule has 186 valence electrons. The lowest BCUT2D eigenvalue weighted by Crippen LogP contribution is -2.32. The molecule has 2 N–H and O–H groups in total. The molecule has 0 bridgehead atoms. The van der Waals surface area contributed by atoms with Crippen molar-refractivity contribution in [2.45, 2.75) is 50.5 Å². The molecule has 4 aromatic rings. The Hall–Kier alpha value is -3.84. The first-order valence-corrected chi connectivity index (χ1v) is 11.5. The van der Waals surface area contributed by atoms with Gasteiger partial charge in [0, 0.05) is 46.0 Å². The van der Waals surface area contributed by atoms with Gasteiger partial charge in [-0.1, -0.05) is 13.8 Å². The van der Waals surface area contributed by atoms with Crippen molar-refractivity contribution in [2.75, 3.05) is 6.61 Å². The minimum atomic E-state index is -1.06. The van der Waals surface area contributed by atoms with Crippen LogP contribution in [0.5, 0.6) is 0 Å². The van der Waals surface area contributed by atoms with E-state index >= 15 is 4.39 Å². The van der Waals surface area contributed by atoms with Crippen molar-refractivity contribution in [3.8, 4) is 11.8 Å². The van der Waals surface area contributed by atoms with Crippen molar-refractivity contribution in [2.24, 2.45) is 0 Å². The second-order valence-corrected chi connectivity index (χ2v) is 9.77. The van der Waals surface area contributed by atoms with Crippen LogP contribution in [0.3, 0.4) is 0 Å². The molecule has 0 saturated carbocycles.